The van der Waals surface area contributed by atoms with Crippen LogP contribution < -0.4 is 0 Å². The van der Waals surface area contributed by atoms with Crippen LogP contribution in [0.15, 0.2) is 30.6 Å². The number of piperidine rings is 2. The summed E-state index contributed by atoms with van der Waals surface area (Å²) in [5, 5.41) is 9.86. The van der Waals surface area contributed by atoms with Gasteiger partial charge in [-0.05, 0) is 45.0 Å². The molecule has 1 N–H and O–H groups in total. The van der Waals surface area contributed by atoms with Crippen LogP contribution in [0, 0.1) is 5.41 Å². The van der Waals surface area contributed by atoms with Gasteiger partial charge < -0.3 is 19.5 Å². The lowest BCUT2D eigenvalue weighted by Gasteiger charge is -2.51. The molecule has 0 saturated carbocycles. The van der Waals surface area contributed by atoms with E-state index in [-0.39, 0.29) is 11.9 Å². The van der Waals surface area contributed by atoms with Gasteiger partial charge in [-0.2, -0.15) is 0 Å². The molecule has 3 heterocycles. The molecule has 2 aliphatic rings. The van der Waals surface area contributed by atoms with E-state index < -0.39 is 11.4 Å². The number of likely N-dealkylation sites (N-methyl/N-ethyl adjacent to an activating group) is 1. The van der Waals surface area contributed by atoms with Crippen molar-refractivity contribution >= 4 is 22.9 Å². The van der Waals surface area contributed by atoms with Gasteiger partial charge in [-0.25, -0.2) is 4.98 Å². The molecule has 2 aromatic rings. The Morgan fingerprint density at radius 3 is 2.89 bits per heavy atom. The number of carbonyl (C=O) groups excluding carboxylic acids is 1. The van der Waals surface area contributed by atoms with E-state index in [1.54, 1.807) is 6.33 Å². The first-order chi connectivity index (χ1) is 13.0. The Hall–Kier alpha value is -2.41. The number of amides is 1. The van der Waals surface area contributed by atoms with Crippen LogP contribution in [0.3, 0.4) is 0 Å². The Labute approximate surface area is 158 Å². The maximum absolute atomic E-state index is 12.8. The Balaban J connectivity index is 1.43. The van der Waals surface area contributed by atoms with E-state index in [0.29, 0.717) is 38.9 Å². The Morgan fingerprint density at radius 1 is 1.26 bits per heavy atom. The molecule has 0 spiro atoms. The van der Waals surface area contributed by atoms with E-state index in [4.69, 9.17) is 0 Å². The summed E-state index contributed by atoms with van der Waals surface area (Å²) >= 11 is 0. The molecule has 4 rings (SSSR count). The van der Waals surface area contributed by atoms with Crippen molar-refractivity contribution in [1.82, 2.24) is 19.4 Å². The van der Waals surface area contributed by atoms with Crippen molar-refractivity contribution in [2.75, 3.05) is 26.7 Å². The molecule has 27 heavy (non-hydrogen) atoms. The van der Waals surface area contributed by atoms with Gasteiger partial charge in [0.25, 0.3) is 0 Å². The summed E-state index contributed by atoms with van der Waals surface area (Å²) in [5.41, 5.74) is 1.25. The van der Waals surface area contributed by atoms with Crippen molar-refractivity contribution in [3.05, 3.63) is 30.6 Å². The number of aryl methyl sites for hydroxylation is 1. The summed E-state index contributed by atoms with van der Waals surface area (Å²) in [6, 6.07) is 7.79. The topological polar surface area (TPSA) is 78.7 Å². The maximum Gasteiger partial charge on any atom is 0.311 e. The number of carboxylic acid groups (broad SMARTS) is 1. The zero-order chi connectivity index (χ0) is 19.0. The molecular weight excluding hydrogens is 344 g/mol. The van der Waals surface area contributed by atoms with Gasteiger partial charge in [0.15, 0.2) is 0 Å². The lowest BCUT2D eigenvalue weighted by Crippen LogP contribution is -2.63. The van der Waals surface area contributed by atoms with Gasteiger partial charge in [0, 0.05) is 32.1 Å². The van der Waals surface area contributed by atoms with E-state index in [1.807, 2.05) is 40.8 Å². The van der Waals surface area contributed by atoms with E-state index in [1.165, 1.54) is 0 Å². The van der Waals surface area contributed by atoms with Gasteiger partial charge in [0.1, 0.15) is 0 Å². The fourth-order valence-electron chi connectivity index (χ4n) is 4.77. The molecule has 0 aliphatic carbocycles. The average Bonchev–Trinajstić information content (AvgIpc) is 3.09. The zero-order valence-corrected chi connectivity index (χ0v) is 15.7. The summed E-state index contributed by atoms with van der Waals surface area (Å²) in [7, 11) is 1.98. The van der Waals surface area contributed by atoms with Gasteiger partial charge >= 0.3 is 5.97 Å². The first kappa shape index (κ1) is 18.0. The first-order valence-electron chi connectivity index (χ1n) is 9.62. The number of hydrogen-bond acceptors (Lipinski definition) is 4. The van der Waals surface area contributed by atoms with Crippen molar-refractivity contribution < 1.29 is 14.7 Å². The summed E-state index contributed by atoms with van der Waals surface area (Å²) < 4.78 is 2.01. The monoisotopic (exact) mass is 370 g/mol. The second-order valence-electron chi connectivity index (χ2n) is 7.83. The molecule has 7 heteroatoms. The minimum absolute atomic E-state index is 0.0887. The number of fused-ring (bicyclic) bond motifs is 2. The highest BCUT2D eigenvalue weighted by atomic mass is 16.4. The SMILES string of the molecule is CN1CCC[C@]2(C(=O)O)CCN(C(=O)CCn3cnc4ccccc43)C[C@@H]12. The van der Waals surface area contributed by atoms with E-state index in [0.717, 1.165) is 24.0 Å². The largest absolute Gasteiger partial charge is 0.481 e. The maximum atomic E-state index is 12.8. The highest BCUT2D eigenvalue weighted by molar-refractivity contribution is 5.80. The second-order valence-corrected chi connectivity index (χ2v) is 7.83. The summed E-state index contributed by atoms with van der Waals surface area (Å²) in [6.45, 7) is 2.51. The van der Waals surface area contributed by atoms with E-state index >= 15 is 0 Å². The molecule has 0 bridgehead atoms. The van der Waals surface area contributed by atoms with Crippen LogP contribution >= 0.6 is 0 Å². The Bertz CT molecular complexity index is 864. The molecule has 7 nitrogen and oxygen atoms in total. The number of carboxylic acids is 1. The van der Waals surface area contributed by atoms with Crippen LogP contribution in [0.1, 0.15) is 25.7 Å². The lowest BCUT2D eigenvalue weighted by molar-refractivity contribution is -0.165. The number of aromatic nitrogens is 2. The van der Waals surface area contributed by atoms with Gasteiger partial charge in [-0.3, -0.25) is 9.59 Å². The molecule has 2 aliphatic heterocycles. The van der Waals surface area contributed by atoms with Gasteiger partial charge in [-0.15, -0.1) is 0 Å². The summed E-state index contributed by atoms with van der Waals surface area (Å²) in [6.07, 6.45) is 4.33. The Kier molecular flexibility index (Phi) is 4.63. The molecule has 0 unspecified atom stereocenters. The molecule has 2 atom stereocenters. The molecule has 1 aromatic carbocycles. The van der Waals surface area contributed by atoms with Crippen molar-refractivity contribution in [2.24, 2.45) is 5.41 Å². The van der Waals surface area contributed by atoms with Crippen molar-refractivity contribution in [3.63, 3.8) is 0 Å². The number of hydrogen-bond donors (Lipinski definition) is 1. The molecule has 2 fully saturated rings. The van der Waals surface area contributed by atoms with Crippen LogP contribution in [0.4, 0.5) is 0 Å². The molecule has 144 valence electrons. The number of imidazole rings is 1. The number of para-hydroxylation sites is 2. The van der Waals surface area contributed by atoms with E-state index in [2.05, 4.69) is 9.88 Å². The first-order valence-corrected chi connectivity index (χ1v) is 9.62. The number of aliphatic carboxylic acids is 1. The normalized spacial score (nSPS) is 26.1. The van der Waals surface area contributed by atoms with Crippen molar-refractivity contribution in [2.45, 2.75) is 38.3 Å². The van der Waals surface area contributed by atoms with Crippen LogP contribution in [-0.2, 0) is 16.1 Å². The molecule has 1 amide bonds. The fourth-order valence-corrected chi connectivity index (χ4v) is 4.77. The fraction of sp³-hybridized carbons (Fsp3) is 0.550. The quantitative estimate of drug-likeness (QED) is 0.888. The number of likely N-dealkylation sites (tertiary alicyclic amines) is 2. The minimum atomic E-state index is -0.712. The van der Waals surface area contributed by atoms with Crippen molar-refractivity contribution in [1.29, 1.82) is 0 Å². The van der Waals surface area contributed by atoms with Gasteiger partial charge in [0.05, 0.1) is 22.8 Å². The number of benzene rings is 1. The predicted octanol–water partition coefficient (Wildman–Crippen LogP) is 1.82. The molecule has 0 radical (unpaired) electrons. The lowest BCUT2D eigenvalue weighted by atomic mass is 9.68. The number of rotatable bonds is 4. The van der Waals surface area contributed by atoms with Gasteiger partial charge in [-0.1, -0.05) is 12.1 Å². The zero-order valence-electron chi connectivity index (χ0n) is 15.7. The molecular formula is C20H26N4O3. The highest BCUT2D eigenvalue weighted by Crippen LogP contribution is 2.42. The molecule has 2 saturated heterocycles. The predicted molar refractivity (Wildman–Crippen MR) is 101 cm³/mol. The third kappa shape index (κ3) is 3.10. The smallest absolute Gasteiger partial charge is 0.311 e. The third-order valence-corrected chi connectivity index (χ3v) is 6.40. The van der Waals surface area contributed by atoms with Crippen LogP contribution in [0.25, 0.3) is 11.0 Å². The van der Waals surface area contributed by atoms with Crippen LogP contribution in [0.2, 0.25) is 0 Å². The summed E-state index contributed by atoms with van der Waals surface area (Å²) in [5.74, 6) is -0.623. The molecule has 1 aromatic heterocycles. The summed E-state index contributed by atoms with van der Waals surface area (Å²) in [4.78, 5) is 33.2. The van der Waals surface area contributed by atoms with Gasteiger partial charge in [0.2, 0.25) is 5.91 Å². The van der Waals surface area contributed by atoms with Crippen LogP contribution in [0.5, 0.6) is 0 Å². The average molecular weight is 370 g/mol. The van der Waals surface area contributed by atoms with Crippen molar-refractivity contribution in [3.8, 4) is 0 Å². The number of carbonyl (C=O) groups is 2. The minimum Gasteiger partial charge on any atom is -0.481 e. The number of nitrogens with zero attached hydrogens (tertiary/aromatic N) is 4. The van der Waals surface area contributed by atoms with Crippen LogP contribution in [-0.4, -0.2) is 69.1 Å². The Morgan fingerprint density at radius 2 is 2.07 bits per heavy atom. The second kappa shape index (κ2) is 6.96. The third-order valence-electron chi connectivity index (χ3n) is 6.40. The highest BCUT2D eigenvalue weighted by Gasteiger charge is 2.52. The van der Waals surface area contributed by atoms with E-state index in [9.17, 15) is 14.7 Å². The standard InChI is InChI=1S/C20H26N4O3/c1-22-10-4-8-20(19(26)27)9-12-23(13-17(20)22)18(25)7-11-24-14-21-15-5-2-3-6-16(15)24/h2-3,5-6,14,17H,4,7-13H2,1H3,(H,26,27)/t17-,20+/m1/s1.